The maximum Gasteiger partial charge on any atom is 0.138 e. The lowest BCUT2D eigenvalue weighted by atomic mass is 9.87. The largest absolute Gasteiger partial charge is 0.381 e. The molecule has 1 aromatic carbocycles. The van der Waals surface area contributed by atoms with Gasteiger partial charge in [-0.25, -0.2) is 4.98 Å². The summed E-state index contributed by atoms with van der Waals surface area (Å²) in [6.45, 7) is 5.43. The van der Waals surface area contributed by atoms with E-state index in [-0.39, 0.29) is 0 Å². The molecule has 4 nitrogen and oxygen atoms in total. The number of fused-ring (bicyclic) bond motifs is 1. The number of nitrogens with zero attached hydrogens (tertiary/aromatic N) is 3. The van der Waals surface area contributed by atoms with Gasteiger partial charge in [0, 0.05) is 24.7 Å². The van der Waals surface area contributed by atoms with E-state index in [1.165, 1.54) is 11.3 Å². The van der Waals surface area contributed by atoms with E-state index in [0.717, 1.165) is 31.6 Å². The molecule has 1 aromatic heterocycles. The van der Waals surface area contributed by atoms with Crippen LogP contribution in [0.5, 0.6) is 0 Å². The summed E-state index contributed by atoms with van der Waals surface area (Å²) in [6, 6.07) is 9.04. The van der Waals surface area contributed by atoms with Gasteiger partial charge in [-0.1, -0.05) is 32.0 Å². The molecule has 3 rings (SSSR count). The quantitative estimate of drug-likeness (QED) is 0.929. The predicted octanol–water partition coefficient (Wildman–Crippen LogP) is 2.90. The fourth-order valence-electron chi connectivity index (χ4n) is 2.96. The number of hydrogen-bond donors (Lipinski definition) is 1. The Morgan fingerprint density at radius 1 is 1.35 bits per heavy atom. The van der Waals surface area contributed by atoms with Gasteiger partial charge in [-0.05, 0) is 30.4 Å². The van der Waals surface area contributed by atoms with Crippen LogP contribution in [0.3, 0.4) is 0 Å². The zero-order valence-electron chi connectivity index (χ0n) is 12.2. The normalized spacial score (nSPS) is 21.3. The average Bonchev–Trinajstić information content (AvgIpc) is 2.87. The molecule has 1 N–H and O–H groups in total. The molecule has 2 unspecified atom stereocenters. The van der Waals surface area contributed by atoms with Crippen molar-refractivity contribution in [3.8, 4) is 0 Å². The summed E-state index contributed by atoms with van der Waals surface area (Å²) in [6.07, 6.45) is 4.84. The van der Waals surface area contributed by atoms with Gasteiger partial charge in [0.15, 0.2) is 0 Å². The third kappa shape index (κ3) is 2.55. The monoisotopic (exact) mass is 270 g/mol. The van der Waals surface area contributed by atoms with E-state index in [1.54, 1.807) is 6.33 Å². The van der Waals surface area contributed by atoms with Crippen LogP contribution in [0.25, 0.3) is 0 Å². The fourth-order valence-corrected chi connectivity index (χ4v) is 2.96. The van der Waals surface area contributed by atoms with Crippen LogP contribution in [0.1, 0.15) is 31.7 Å². The molecule has 2 heterocycles. The Hall–Kier alpha value is -1.84. The maximum atomic E-state index is 4.43. The summed E-state index contributed by atoms with van der Waals surface area (Å²) in [4.78, 5) is 4.43. The van der Waals surface area contributed by atoms with Gasteiger partial charge >= 0.3 is 0 Å². The number of rotatable bonds is 4. The molecule has 0 saturated carbocycles. The van der Waals surface area contributed by atoms with Crippen LogP contribution in [-0.4, -0.2) is 20.8 Å². The highest BCUT2D eigenvalue weighted by molar-refractivity contribution is 5.54. The summed E-state index contributed by atoms with van der Waals surface area (Å²) in [7, 11) is 0. The number of aryl methyl sites for hydroxylation is 1. The molecule has 0 spiro atoms. The van der Waals surface area contributed by atoms with Crippen molar-refractivity contribution in [2.75, 3.05) is 5.32 Å². The molecule has 1 aliphatic rings. The Balaban J connectivity index is 1.76. The third-order valence-corrected chi connectivity index (χ3v) is 4.12. The predicted molar refractivity (Wildman–Crippen MR) is 80.7 cm³/mol. The lowest BCUT2D eigenvalue weighted by Gasteiger charge is -2.32. The van der Waals surface area contributed by atoms with Crippen LogP contribution >= 0.6 is 0 Å². The Bertz CT molecular complexity index is 575. The third-order valence-electron chi connectivity index (χ3n) is 4.12. The summed E-state index contributed by atoms with van der Waals surface area (Å²) in [5.74, 6) is 1.70. The molecule has 0 saturated heterocycles. The molecule has 0 radical (unpaired) electrons. The highest BCUT2D eigenvalue weighted by atomic mass is 15.3. The first-order valence-electron chi connectivity index (χ1n) is 7.49. The molecule has 106 valence electrons. The van der Waals surface area contributed by atoms with Gasteiger partial charge in [-0.15, -0.1) is 0 Å². The number of hydrogen-bond acceptors (Lipinski definition) is 3. The van der Waals surface area contributed by atoms with Gasteiger partial charge in [0.25, 0.3) is 0 Å². The van der Waals surface area contributed by atoms with Crippen LogP contribution in [0.2, 0.25) is 0 Å². The minimum Gasteiger partial charge on any atom is -0.381 e. The van der Waals surface area contributed by atoms with E-state index in [0.29, 0.717) is 12.0 Å². The van der Waals surface area contributed by atoms with Gasteiger partial charge in [-0.3, -0.25) is 4.68 Å². The molecular formula is C16H22N4. The van der Waals surface area contributed by atoms with Gasteiger partial charge in [0.05, 0.1) is 0 Å². The van der Waals surface area contributed by atoms with E-state index in [4.69, 9.17) is 0 Å². The van der Waals surface area contributed by atoms with Crippen molar-refractivity contribution in [1.82, 2.24) is 14.8 Å². The van der Waals surface area contributed by atoms with Crippen LogP contribution in [0, 0.1) is 5.92 Å². The number of nitrogens with one attached hydrogen (secondary N) is 1. The molecule has 1 aliphatic heterocycles. The van der Waals surface area contributed by atoms with Gasteiger partial charge < -0.3 is 5.32 Å². The van der Waals surface area contributed by atoms with Crippen LogP contribution in [-0.2, 0) is 19.4 Å². The minimum absolute atomic E-state index is 0.435. The summed E-state index contributed by atoms with van der Waals surface area (Å²) >= 11 is 0. The van der Waals surface area contributed by atoms with E-state index >= 15 is 0 Å². The van der Waals surface area contributed by atoms with Crippen molar-refractivity contribution in [2.45, 2.75) is 45.7 Å². The SMILES string of the molecule is CCCn1ncnc1CC1Nc2ccccc2CC1C. The molecule has 0 fully saturated rings. The molecule has 2 atom stereocenters. The van der Waals surface area contributed by atoms with E-state index in [9.17, 15) is 0 Å². The van der Waals surface area contributed by atoms with E-state index in [1.807, 2.05) is 4.68 Å². The maximum absolute atomic E-state index is 4.43. The second kappa shape index (κ2) is 5.65. The van der Waals surface area contributed by atoms with E-state index < -0.39 is 0 Å². The number of anilines is 1. The van der Waals surface area contributed by atoms with Crippen molar-refractivity contribution < 1.29 is 0 Å². The number of benzene rings is 1. The van der Waals surface area contributed by atoms with Gasteiger partial charge in [0.1, 0.15) is 12.2 Å². The zero-order valence-corrected chi connectivity index (χ0v) is 12.2. The molecular weight excluding hydrogens is 248 g/mol. The second-order valence-corrected chi connectivity index (χ2v) is 5.69. The highest BCUT2D eigenvalue weighted by Crippen LogP contribution is 2.29. The Morgan fingerprint density at radius 3 is 3.05 bits per heavy atom. The van der Waals surface area contributed by atoms with Crippen molar-refractivity contribution in [3.63, 3.8) is 0 Å². The van der Waals surface area contributed by atoms with Crippen molar-refractivity contribution >= 4 is 5.69 Å². The first-order valence-corrected chi connectivity index (χ1v) is 7.49. The van der Waals surface area contributed by atoms with Crippen LogP contribution in [0.4, 0.5) is 5.69 Å². The Labute approximate surface area is 120 Å². The molecule has 0 amide bonds. The van der Waals surface area contributed by atoms with Crippen LogP contribution < -0.4 is 5.32 Å². The smallest absolute Gasteiger partial charge is 0.138 e. The van der Waals surface area contributed by atoms with Gasteiger partial charge in [0.2, 0.25) is 0 Å². The molecule has 4 heteroatoms. The second-order valence-electron chi connectivity index (χ2n) is 5.69. The minimum atomic E-state index is 0.435. The molecule has 0 bridgehead atoms. The zero-order chi connectivity index (χ0) is 13.9. The topological polar surface area (TPSA) is 42.7 Å². The Kier molecular flexibility index (Phi) is 3.72. The first-order chi connectivity index (χ1) is 9.78. The summed E-state index contributed by atoms with van der Waals surface area (Å²) in [5, 5.41) is 7.99. The Morgan fingerprint density at radius 2 is 2.20 bits per heavy atom. The first kappa shape index (κ1) is 13.2. The van der Waals surface area contributed by atoms with Crippen molar-refractivity contribution in [2.24, 2.45) is 5.92 Å². The highest BCUT2D eigenvalue weighted by Gasteiger charge is 2.25. The molecule has 20 heavy (non-hydrogen) atoms. The fraction of sp³-hybridized carbons (Fsp3) is 0.500. The molecule has 0 aliphatic carbocycles. The number of para-hydroxylation sites is 1. The summed E-state index contributed by atoms with van der Waals surface area (Å²) in [5.41, 5.74) is 2.70. The standard InChI is InChI=1S/C16H22N4/c1-3-8-20-16(17-11-18-20)10-15-12(2)9-13-6-4-5-7-14(13)19-15/h4-7,11-12,15,19H,3,8-10H2,1-2H3. The van der Waals surface area contributed by atoms with E-state index in [2.05, 4.69) is 53.5 Å². The van der Waals surface area contributed by atoms with Crippen molar-refractivity contribution in [3.05, 3.63) is 42.0 Å². The molecule has 2 aromatic rings. The lowest BCUT2D eigenvalue weighted by Crippen LogP contribution is -2.36. The lowest BCUT2D eigenvalue weighted by molar-refractivity contribution is 0.441. The van der Waals surface area contributed by atoms with Gasteiger partial charge in [-0.2, -0.15) is 5.10 Å². The van der Waals surface area contributed by atoms with Crippen LogP contribution in [0.15, 0.2) is 30.6 Å². The number of aromatic nitrogens is 3. The summed E-state index contributed by atoms with van der Waals surface area (Å²) < 4.78 is 2.04. The van der Waals surface area contributed by atoms with Crippen molar-refractivity contribution in [1.29, 1.82) is 0 Å². The average molecular weight is 270 g/mol.